The Morgan fingerprint density at radius 3 is 2.60 bits per heavy atom. The van der Waals surface area contributed by atoms with Crippen molar-refractivity contribution in [2.75, 3.05) is 0 Å². The largest absolute Gasteiger partial charge is 0.359 e. The molecule has 0 aliphatic heterocycles. The Balaban J connectivity index is 2.11. The molecule has 0 spiro atoms. The maximum absolute atomic E-state index is 11.8. The Hall–Kier alpha value is -1.69. The minimum absolute atomic E-state index is 0.326. The van der Waals surface area contributed by atoms with E-state index >= 15 is 0 Å². The van der Waals surface area contributed by atoms with Gasteiger partial charge >= 0.3 is 0 Å². The molecule has 3 N–H and O–H groups in total. The van der Waals surface area contributed by atoms with E-state index in [1.165, 1.54) is 0 Å². The van der Waals surface area contributed by atoms with Crippen LogP contribution in [0.4, 0.5) is 0 Å². The number of carbonyl (C=O) groups is 1. The summed E-state index contributed by atoms with van der Waals surface area (Å²) >= 11 is 3.40. The van der Waals surface area contributed by atoms with E-state index in [2.05, 4.69) is 21.4 Å². The van der Waals surface area contributed by atoms with Crippen LogP contribution >= 0.6 is 15.9 Å². The van der Waals surface area contributed by atoms with Crippen molar-refractivity contribution >= 4 is 21.8 Å². The summed E-state index contributed by atoms with van der Waals surface area (Å²) in [4.78, 5) is 11.8. The molecule has 0 aromatic heterocycles. The van der Waals surface area contributed by atoms with E-state index in [9.17, 15) is 4.79 Å². The van der Waals surface area contributed by atoms with Crippen LogP contribution in [0.25, 0.3) is 0 Å². The van der Waals surface area contributed by atoms with Gasteiger partial charge in [-0.3, -0.25) is 10.2 Å². The fraction of sp³-hybridized carbons (Fsp3) is 0.133. The summed E-state index contributed by atoms with van der Waals surface area (Å²) in [5.74, 6) is 4.85. The second kappa shape index (κ2) is 7.19. The number of amides is 1. The number of carbonyl (C=O) groups excluding carboxylic acids is 1. The van der Waals surface area contributed by atoms with Crippen LogP contribution < -0.4 is 11.3 Å². The first kappa shape index (κ1) is 14.7. The Morgan fingerprint density at radius 2 is 1.95 bits per heavy atom. The maximum Gasteiger partial charge on any atom is 0.267 e. The number of nitrogens with one attached hydrogen (secondary N) is 1. The van der Waals surface area contributed by atoms with E-state index in [0.29, 0.717) is 6.61 Å². The van der Waals surface area contributed by atoms with Gasteiger partial charge in [0.2, 0.25) is 0 Å². The lowest BCUT2D eigenvalue weighted by atomic mass is 10.1. The van der Waals surface area contributed by atoms with Crippen LogP contribution in [0.5, 0.6) is 0 Å². The number of ether oxygens (including phenoxy) is 1. The number of hydrogen-bond donors (Lipinski definition) is 2. The Bertz CT molecular complexity index is 575. The number of halogens is 1. The highest BCUT2D eigenvalue weighted by Gasteiger charge is 2.20. The standard InChI is InChI=1S/C15H15BrN2O2/c16-13-8-4-5-11(9-13)10-20-14(15(19)18-17)12-6-2-1-3-7-12/h1-9,14H,10,17H2,(H,18,19). The van der Waals surface area contributed by atoms with Crippen molar-refractivity contribution in [2.24, 2.45) is 5.84 Å². The number of nitrogens with two attached hydrogens (primary N) is 1. The molecule has 1 atom stereocenters. The first-order valence-electron chi connectivity index (χ1n) is 6.12. The zero-order valence-electron chi connectivity index (χ0n) is 10.8. The number of hydrogen-bond acceptors (Lipinski definition) is 3. The van der Waals surface area contributed by atoms with Gasteiger partial charge in [-0.2, -0.15) is 0 Å². The molecule has 1 amide bonds. The van der Waals surface area contributed by atoms with E-state index in [4.69, 9.17) is 10.6 Å². The minimum Gasteiger partial charge on any atom is -0.359 e. The average molecular weight is 335 g/mol. The van der Waals surface area contributed by atoms with E-state index in [1.807, 2.05) is 54.6 Å². The van der Waals surface area contributed by atoms with Crippen LogP contribution in [-0.2, 0) is 16.1 Å². The summed E-state index contributed by atoms with van der Waals surface area (Å²) in [6.45, 7) is 0.326. The topological polar surface area (TPSA) is 64.3 Å². The first-order chi connectivity index (χ1) is 9.70. The lowest BCUT2D eigenvalue weighted by Gasteiger charge is -2.16. The van der Waals surface area contributed by atoms with E-state index in [-0.39, 0.29) is 5.91 Å². The van der Waals surface area contributed by atoms with Gasteiger partial charge in [-0.1, -0.05) is 58.4 Å². The van der Waals surface area contributed by atoms with Gasteiger partial charge in [-0.25, -0.2) is 5.84 Å². The molecule has 104 valence electrons. The van der Waals surface area contributed by atoms with Gasteiger partial charge in [0.1, 0.15) is 0 Å². The van der Waals surface area contributed by atoms with Gasteiger partial charge < -0.3 is 4.74 Å². The molecule has 0 fully saturated rings. The van der Waals surface area contributed by atoms with E-state index < -0.39 is 6.10 Å². The average Bonchev–Trinajstić information content (AvgIpc) is 2.48. The predicted molar refractivity (Wildman–Crippen MR) is 80.4 cm³/mol. The smallest absolute Gasteiger partial charge is 0.267 e. The van der Waals surface area contributed by atoms with Crippen molar-refractivity contribution < 1.29 is 9.53 Å². The van der Waals surface area contributed by atoms with Crippen LogP contribution in [0, 0.1) is 0 Å². The zero-order valence-corrected chi connectivity index (χ0v) is 12.3. The molecule has 0 aliphatic carbocycles. The molecule has 5 heteroatoms. The number of hydrazine groups is 1. The molecule has 2 aromatic rings. The molecule has 0 aliphatic rings. The quantitative estimate of drug-likeness (QED) is 0.502. The molecular weight excluding hydrogens is 320 g/mol. The molecule has 4 nitrogen and oxygen atoms in total. The van der Waals surface area contributed by atoms with Crippen LogP contribution in [-0.4, -0.2) is 5.91 Å². The molecular formula is C15H15BrN2O2. The third kappa shape index (κ3) is 3.90. The molecule has 2 rings (SSSR count). The van der Waals surface area contributed by atoms with Crippen LogP contribution in [0.15, 0.2) is 59.1 Å². The SMILES string of the molecule is NNC(=O)C(OCc1cccc(Br)c1)c1ccccc1. The molecule has 2 aromatic carbocycles. The molecule has 0 radical (unpaired) electrons. The predicted octanol–water partition coefficient (Wildman–Crippen LogP) is 2.70. The highest BCUT2D eigenvalue weighted by molar-refractivity contribution is 9.10. The molecule has 0 saturated carbocycles. The van der Waals surface area contributed by atoms with Crippen molar-refractivity contribution in [1.29, 1.82) is 0 Å². The normalized spacial score (nSPS) is 11.9. The van der Waals surface area contributed by atoms with Crippen LogP contribution in [0.2, 0.25) is 0 Å². The van der Waals surface area contributed by atoms with Gasteiger partial charge in [0.05, 0.1) is 6.61 Å². The summed E-state index contributed by atoms with van der Waals surface area (Å²) in [7, 11) is 0. The molecule has 0 heterocycles. The van der Waals surface area contributed by atoms with E-state index in [1.54, 1.807) is 0 Å². The van der Waals surface area contributed by atoms with Gasteiger partial charge in [0.25, 0.3) is 5.91 Å². The van der Waals surface area contributed by atoms with Crippen molar-refractivity contribution in [3.05, 3.63) is 70.2 Å². The van der Waals surface area contributed by atoms with Crippen LogP contribution in [0.3, 0.4) is 0 Å². The summed E-state index contributed by atoms with van der Waals surface area (Å²) in [5.41, 5.74) is 3.88. The van der Waals surface area contributed by atoms with Gasteiger partial charge in [0, 0.05) is 4.47 Å². The molecule has 1 unspecified atom stereocenters. The number of rotatable bonds is 5. The highest BCUT2D eigenvalue weighted by Crippen LogP contribution is 2.20. The Kier molecular flexibility index (Phi) is 5.29. The first-order valence-corrected chi connectivity index (χ1v) is 6.91. The maximum atomic E-state index is 11.8. The van der Waals surface area contributed by atoms with Gasteiger partial charge in [-0.05, 0) is 23.3 Å². The monoisotopic (exact) mass is 334 g/mol. The second-order valence-corrected chi connectivity index (χ2v) is 5.16. The second-order valence-electron chi connectivity index (χ2n) is 4.24. The van der Waals surface area contributed by atoms with E-state index in [0.717, 1.165) is 15.6 Å². The molecule has 0 saturated heterocycles. The van der Waals surface area contributed by atoms with Gasteiger partial charge in [-0.15, -0.1) is 0 Å². The Labute approximate surface area is 126 Å². The molecule has 0 bridgehead atoms. The molecule has 20 heavy (non-hydrogen) atoms. The van der Waals surface area contributed by atoms with Gasteiger partial charge in [0.15, 0.2) is 6.10 Å². The van der Waals surface area contributed by atoms with Crippen molar-refractivity contribution in [2.45, 2.75) is 12.7 Å². The fourth-order valence-corrected chi connectivity index (χ4v) is 2.28. The minimum atomic E-state index is -0.722. The number of benzene rings is 2. The Morgan fingerprint density at radius 1 is 1.20 bits per heavy atom. The summed E-state index contributed by atoms with van der Waals surface area (Å²) in [6, 6.07) is 17.0. The lowest BCUT2D eigenvalue weighted by molar-refractivity contribution is -0.134. The lowest BCUT2D eigenvalue weighted by Crippen LogP contribution is -2.35. The summed E-state index contributed by atoms with van der Waals surface area (Å²) in [5, 5.41) is 0. The van der Waals surface area contributed by atoms with Crippen molar-refractivity contribution in [3.8, 4) is 0 Å². The summed E-state index contributed by atoms with van der Waals surface area (Å²) in [6.07, 6.45) is -0.722. The third-order valence-corrected chi connectivity index (χ3v) is 3.28. The highest BCUT2D eigenvalue weighted by atomic mass is 79.9. The van der Waals surface area contributed by atoms with Crippen molar-refractivity contribution in [1.82, 2.24) is 5.43 Å². The van der Waals surface area contributed by atoms with Crippen molar-refractivity contribution in [3.63, 3.8) is 0 Å². The third-order valence-electron chi connectivity index (χ3n) is 2.79. The zero-order chi connectivity index (χ0) is 14.4. The summed E-state index contributed by atoms with van der Waals surface area (Å²) < 4.78 is 6.68. The fourth-order valence-electron chi connectivity index (χ4n) is 1.83. The van der Waals surface area contributed by atoms with Crippen LogP contribution in [0.1, 0.15) is 17.2 Å².